The average Bonchev–Trinajstić information content (AvgIpc) is 2.73. The molecule has 0 N–H and O–H groups in total. The maximum atomic E-state index is 9.59. The molecule has 1 aromatic rings. The van der Waals surface area contributed by atoms with E-state index >= 15 is 0 Å². The van der Waals surface area contributed by atoms with Crippen molar-refractivity contribution in [3.63, 3.8) is 0 Å². The maximum Gasteiger partial charge on any atom is 0.101 e. The summed E-state index contributed by atoms with van der Waals surface area (Å²) in [6, 6.07) is 8.40. The Morgan fingerprint density at radius 2 is 0.893 bits per heavy atom. The predicted molar refractivity (Wildman–Crippen MR) is 120 cm³/mol. The molecular formula is C24H38N4. The summed E-state index contributed by atoms with van der Waals surface area (Å²) in [5.41, 5.74) is 3.24. The number of nitrogens with zero attached hydrogens (tertiary/aromatic N) is 4. The van der Waals surface area contributed by atoms with Crippen molar-refractivity contribution in [2.75, 3.05) is 36.0 Å². The lowest BCUT2D eigenvalue weighted by molar-refractivity contribution is 0.662. The Hall–Kier alpha value is -2.20. The summed E-state index contributed by atoms with van der Waals surface area (Å²) in [6.07, 6.45) is 9.13. The van der Waals surface area contributed by atoms with Crippen LogP contribution in [-0.2, 0) is 0 Å². The van der Waals surface area contributed by atoms with Crippen LogP contribution < -0.4 is 9.80 Å². The van der Waals surface area contributed by atoms with Crippen molar-refractivity contribution >= 4 is 11.4 Å². The minimum atomic E-state index is 0.491. The number of rotatable bonds is 14. The number of hydrogen-bond acceptors (Lipinski definition) is 4. The molecule has 0 unspecified atom stereocenters. The molecule has 0 aliphatic carbocycles. The summed E-state index contributed by atoms with van der Waals surface area (Å²) in [5.74, 6) is 0. The molecule has 0 radical (unpaired) electrons. The summed E-state index contributed by atoms with van der Waals surface area (Å²) >= 11 is 0. The fourth-order valence-electron chi connectivity index (χ4n) is 3.37. The van der Waals surface area contributed by atoms with Crippen LogP contribution in [0.3, 0.4) is 0 Å². The lowest BCUT2D eigenvalue weighted by Crippen LogP contribution is -2.31. The highest BCUT2D eigenvalue weighted by Gasteiger charge is 2.19. The average molecular weight is 383 g/mol. The Labute approximate surface area is 172 Å². The number of hydrogen-bond donors (Lipinski definition) is 0. The Kier molecular flexibility index (Phi) is 11.8. The zero-order valence-electron chi connectivity index (χ0n) is 18.4. The quantitative estimate of drug-likeness (QED) is 0.382. The van der Waals surface area contributed by atoms with E-state index in [9.17, 15) is 10.5 Å². The second kappa shape index (κ2) is 13.9. The lowest BCUT2D eigenvalue weighted by Gasteiger charge is -2.33. The second-order valence-corrected chi connectivity index (χ2v) is 7.50. The van der Waals surface area contributed by atoms with Crippen LogP contribution in [0.25, 0.3) is 0 Å². The van der Waals surface area contributed by atoms with Gasteiger partial charge in [0.2, 0.25) is 0 Å². The maximum absolute atomic E-state index is 9.59. The van der Waals surface area contributed by atoms with Gasteiger partial charge in [0.05, 0.1) is 22.5 Å². The lowest BCUT2D eigenvalue weighted by atomic mass is 10.0. The minimum Gasteiger partial charge on any atom is -0.370 e. The zero-order valence-corrected chi connectivity index (χ0v) is 18.4. The molecule has 0 aromatic heterocycles. The molecule has 0 atom stereocenters. The third-order valence-corrected chi connectivity index (χ3v) is 5.16. The Morgan fingerprint density at radius 1 is 0.607 bits per heavy atom. The van der Waals surface area contributed by atoms with Crippen molar-refractivity contribution in [3.8, 4) is 12.1 Å². The first-order valence-corrected chi connectivity index (χ1v) is 11.1. The number of benzene rings is 1. The molecule has 0 aliphatic heterocycles. The molecular weight excluding hydrogens is 344 g/mol. The van der Waals surface area contributed by atoms with Crippen molar-refractivity contribution in [1.29, 1.82) is 10.5 Å². The van der Waals surface area contributed by atoms with Crippen LogP contribution in [0.4, 0.5) is 11.4 Å². The summed E-state index contributed by atoms with van der Waals surface area (Å²) in [7, 11) is 0. The van der Waals surface area contributed by atoms with Gasteiger partial charge in [-0.3, -0.25) is 0 Å². The molecule has 154 valence electrons. The van der Waals surface area contributed by atoms with Gasteiger partial charge in [-0.05, 0) is 37.8 Å². The molecule has 4 nitrogen and oxygen atoms in total. The molecule has 1 rings (SSSR count). The van der Waals surface area contributed by atoms with Crippen LogP contribution in [0.5, 0.6) is 0 Å². The molecule has 0 spiro atoms. The third-order valence-electron chi connectivity index (χ3n) is 5.16. The van der Waals surface area contributed by atoms with Crippen molar-refractivity contribution in [2.45, 2.75) is 79.1 Å². The van der Waals surface area contributed by atoms with Crippen LogP contribution >= 0.6 is 0 Å². The molecule has 0 saturated heterocycles. The van der Waals surface area contributed by atoms with Crippen LogP contribution in [-0.4, -0.2) is 26.2 Å². The highest BCUT2D eigenvalue weighted by Crippen LogP contribution is 2.34. The van der Waals surface area contributed by atoms with Gasteiger partial charge in [0.1, 0.15) is 12.1 Å². The van der Waals surface area contributed by atoms with E-state index in [1.807, 2.05) is 12.1 Å². The van der Waals surface area contributed by atoms with E-state index in [0.29, 0.717) is 11.1 Å². The van der Waals surface area contributed by atoms with E-state index < -0.39 is 0 Å². The third kappa shape index (κ3) is 7.08. The van der Waals surface area contributed by atoms with E-state index in [4.69, 9.17) is 0 Å². The van der Waals surface area contributed by atoms with E-state index in [2.05, 4.69) is 49.6 Å². The standard InChI is InChI=1S/C24H38N4/c1-5-9-13-27(14-10-6-2)23-17-21(19-25)22(20-26)18-24(23)28(15-11-7-3)16-12-8-4/h17-18H,5-16H2,1-4H3. The first kappa shape index (κ1) is 23.8. The molecule has 0 fully saturated rings. The predicted octanol–water partition coefficient (Wildman–Crippen LogP) is 6.24. The smallest absolute Gasteiger partial charge is 0.101 e. The van der Waals surface area contributed by atoms with E-state index in [-0.39, 0.29) is 0 Å². The van der Waals surface area contributed by atoms with Crippen LogP contribution in [0, 0.1) is 22.7 Å². The summed E-state index contributed by atoms with van der Waals surface area (Å²) in [5, 5.41) is 19.2. The Bertz CT molecular complexity index is 581. The number of nitriles is 2. The van der Waals surface area contributed by atoms with Gasteiger partial charge in [0.15, 0.2) is 0 Å². The van der Waals surface area contributed by atoms with Gasteiger partial charge in [-0.1, -0.05) is 53.4 Å². The zero-order chi connectivity index (χ0) is 20.8. The number of anilines is 2. The summed E-state index contributed by atoms with van der Waals surface area (Å²) in [6.45, 7) is 12.8. The van der Waals surface area contributed by atoms with Gasteiger partial charge in [0, 0.05) is 26.2 Å². The first-order chi connectivity index (χ1) is 13.7. The van der Waals surface area contributed by atoms with Gasteiger partial charge >= 0.3 is 0 Å². The molecule has 0 aliphatic rings. The fraction of sp³-hybridized carbons (Fsp3) is 0.667. The number of unbranched alkanes of at least 4 members (excludes halogenated alkanes) is 4. The summed E-state index contributed by atoms with van der Waals surface area (Å²) in [4.78, 5) is 4.88. The van der Waals surface area contributed by atoms with Gasteiger partial charge in [0.25, 0.3) is 0 Å². The van der Waals surface area contributed by atoms with E-state index in [1.165, 1.54) is 0 Å². The highest BCUT2D eigenvalue weighted by atomic mass is 15.2. The molecule has 28 heavy (non-hydrogen) atoms. The minimum absolute atomic E-state index is 0.491. The Balaban J connectivity index is 3.46. The molecule has 0 amide bonds. The van der Waals surface area contributed by atoms with Gasteiger partial charge in [-0.15, -0.1) is 0 Å². The molecule has 0 bridgehead atoms. The Morgan fingerprint density at radius 3 is 1.11 bits per heavy atom. The molecule has 1 aromatic carbocycles. The largest absolute Gasteiger partial charge is 0.370 e. The van der Waals surface area contributed by atoms with Crippen molar-refractivity contribution in [2.24, 2.45) is 0 Å². The van der Waals surface area contributed by atoms with Gasteiger partial charge in [-0.25, -0.2) is 0 Å². The highest BCUT2D eigenvalue weighted by molar-refractivity contribution is 5.76. The summed E-state index contributed by atoms with van der Waals surface area (Å²) < 4.78 is 0. The van der Waals surface area contributed by atoms with Crippen LogP contribution in [0.1, 0.15) is 90.2 Å². The van der Waals surface area contributed by atoms with E-state index in [1.54, 1.807) is 0 Å². The monoisotopic (exact) mass is 382 g/mol. The molecule has 0 saturated carbocycles. The normalized spacial score (nSPS) is 10.4. The first-order valence-electron chi connectivity index (χ1n) is 11.1. The van der Waals surface area contributed by atoms with Gasteiger partial charge < -0.3 is 9.80 Å². The van der Waals surface area contributed by atoms with Gasteiger partial charge in [-0.2, -0.15) is 10.5 Å². The second-order valence-electron chi connectivity index (χ2n) is 7.50. The van der Waals surface area contributed by atoms with E-state index in [0.717, 1.165) is 88.9 Å². The molecule has 0 heterocycles. The van der Waals surface area contributed by atoms with Crippen molar-refractivity contribution in [1.82, 2.24) is 0 Å². The van der Waals surface area contributed by atoms with Crippen molar-refractivity contribution in [3.05, 3.63) is 23.3 Å². The SMILES string of the molecule is CCCCN(CCCC)c1cc(C#N)c(C#N)cc1N(CCCC)CCCC. The fourth-order valence-corrected chi connectivity index (χ4v) is 3.37. The topological polar surface area (TPSA) is 54.1 Å². The van der Waals surface area contributed by atoms with Crippen LogP contribution in [0.2, 0.25) is 0 Å². The molecule has 4 heteroatoms. The van der Waals surface area contributed by atoms with Crippen LogP contribution in [0.15, 0.2) is 12.1 Å². The van der Waals surface area contributed by atoms with Crippen molar-refractivity contribution < 1.29 is 0 Å².